The fourth-order valence-corrected chi connectivity index (χ4v) is 2.97. The van der Waals surface area contributed by atoms with E-state index in [4.69, 9.17) is 0 Å². The molecule has 1 aliphatic rings. The Morgan fingerprint density at radius 1 is 1.35 bits per heavy atom. The molecule has 2 atom stereocenters. The third kappa shape index (κ3) is 3.00. The fourth-order valence-electron chi connectivity index (χ4n) is 2.97. The highest BCUT2D eigenvalue weighted by Gasteiger charge is 2.23. The van der Waals surface area contributed by atoms with E-state index in [1.54, 1.807) is 11.1 Å². The minimum Gasteiger partial charge on any atom is -0.0856 e. The van der Waals surface area contributed by atoms with Crippen LogP contribution in [0, 0.1) is 5.92 Å². The Labute approximate surface area is 106 Å². The molecule has 0 aliphatic heterocycles. The predicted octanol–water partition coefficient (Wildman–Crippen LogP) is 5.10. The smallest absolute Gasteiger partial charge is 0.0130 e. The average molecular weight is 228 g/mol. The van der Waals surface area contributed by atoms with Gasteiger partial charge in [0.05, 0.1) is 0 Å². The summed E-state index contributed by atoms with van der Waals surface area (Å²) in [4.78, 5) is 0. The lowest BCUT2D eigenvalue weighted by Crippen LogP contribution is -2.16. The minimum atomic E-state index is 0.770. The summed E-state index contributed by atoms with van der Waals surface area (Å²) in [5, 5.41) is 0. The number of rotatable bonds is 3. The highest BCUT2D eigenvalue weighted by Crippen LogP contribution is 2.38. The van der Waals surface area contributed by atoms with Gasteiger partial charge in [0.1, 0.15) is 0 Å². The van der Waals surface area contributed by atoms with E-state index in [-0.39, 0.29) is 0 Å². The Morgan fingerprint density at radius 2 is 2.12 bits per heavy atom. The Morgan fingerprint density at radius 3 is 2.88 bits per heavy atom. The Hall–Kier alpha value is -1.04. The van der Waals surface area contributed by atoms with Crippen molar-refractivity contribution in [3.63, 3.8) is 0 Å². The minimum absolute atomic E-state index is 0.770. The molecule has 0 spiro atoms. The third-order valence-electron chi connectivity index (χ3n) is 4.00. The van der Waals surface area contributed by atoms with E-state index >= 15 is 0 Å². The van der Waals surface area contributed by atoms with Crippen molar-refractivity contribution in [1.82, 2.24) is 0 Å². The molecule has 0 N–H and O–H groups in total. The summed E-state index contributed by atoms with van der Waals surface area (Å²) in [5.74, 6) is 1.54. The molecule has 0 heterocycles. The van der Waals surface area contributed by atoms with E-state index in [1.165, 1.54) is 31.3 Å². The van der Waals surface area contributed by atoms with Crippen LogP contribution in [0.2, 0.25) is 0 Å². The van der Waals surface area contributed by atoms with Gasteiger partial charge in [-0.15, -0.1) is 0 Å². The molecule has 0 saturated carbocycles. The summed E-state index contributed by atoms with van der Waals surface area (Å²) in [6.07, 6.45) is 7.63. The van der Waals surface area contributed by atoms with Crippen LogP contribution in [0.1, 0.15) is 57.1 Å². The number of benzene rings is 1. The standard InChI is InChI=1S/C17H24/c1-13(2)11-12-14(3)16-10-6-8-15-7-4-5-9-17(15)16/h4-5,7,9,11,14,16H,6,8,10,12H2,1-3H3. The maximum Gasteiger partial charge on any atom is -0.0130 e. The maximum atomic E-state index is 2.41. The number of hydrogen-bond donors (Lipinski definition) is 0. The lowest BCUT2D eigenvalue weighted by molar-refractivity contribution is 0.408. The molecule has 1 aromatic carbocycles. The van der Waals surface area contributed by atoms with Gasteiger partial charge in [0.2, 0.25) is 0 Å². The van der Waals surface area contributed by atoms with Gasteiger partial charge >= 0.3 is 0 Å². The second kappa shape index (κ2) is 5.53. The molecule has 2 unspecified atom stereocenters. The van der Waals surface area contributed by atoms with Crippen LogP contribution in [0.4, 0.5) is 0 Å². The van der Waals surface area contributed by atoms with Crippen LogP contribution < -0.4 is 0 Å². The number of aryl methyl sites for hydroxylation is 1. The van der Waals surface area contributed by atoms with E-state index in [0.717, 1.165) is 11.8 Å². The van der Waals surface area contributed by atoms with Crippen LogP contribution in [0.25, 0.3) is 0 Å². The summed E-state index contributed by atoms with van der Waals surface area (Å²) >= 11 is 0. The predicted molar refractivity (Wildman–Crippen MR) is 75.3 cm³/mol. The van der Waals surface area contributed by atoms with Crippen LogP contribution in [-0.4, -0.2) is 0 Å². The van der Waals surface area contributed by atoms with Crippen molar-refractivity contribution in [2.24, 2.45) is 5.92 Å². The van der Waals surface area contributed by atoms with Gasteiger partial charge in [-0.1, -0.05) is 42.8 Å². The number of fused-ring (bicyclic) bond motifs is 1. The number of hydrogen-bond acceptors (Lipinski definition) is 0. The van der Waals surface area contributed by atoms with Crippen molar-refractivity contribution in [3.8, 4) is 0 Å². The van der Waals surface area contributed by atoms with Crippen molar-refractivity contribution in [3.05, 3.63) is 47.0 Å². The molecule has 0 fully saturated rings. The molecule has 0 nitrogen and oxygen atoms in total. The van der Waals surface area contributed by atoms with Gasteiger partial charge in [0, 0.05) is 0 Å². The first-order valence-corrected chi connectivity index (χ1v) is 6.89. The van der Waals surface area contributed by atoms with Gasteiger partial charge in [0.25, 0.3) is 0 Å². The molecule has 0 saturated heterocycles. The number of allylic oxidation sites excluding steroid dienone is 2. The summed E-state index contributed by atoms with van der Waals surface area (Å²) < 4.78 is 0. The first-order chi connectivity index (χ1) is 8.18. The molecular formula is C17H24. The van der Waals surface area contributed by atoms with E-state index in [2.05, 4.69) is 51.1 Å². The largest absolute Gasteiger partial charge is 0.0856 e. The molecule has 1 aliphatic carbocycles. The average Bonchev–Trinajstić information content (AvgIpc) is 2.35. The van der Waals surface area contributed by atoms with Crippen LogP contribution in [-0.2, 0) is 6.42 Å². The summed E-state index contributed by atoms with van der Waals surface area (Å²) in [7, 11) is 0. The van der Waals surface area contributed by atoms with Crippen molar-refractivity contribution < 1.29 is 0 Å². The molecular weight excluding hydrogens is 204 g/mol. The molecule has 1 aromatic rings. The second-order valence-corrected chi connectivity index (χ2v) is 5.69. The lowest BCUT2D eigenvalue weighted by atomic mass is 9.75. The molecule has 17 heavy (non-hydrogen) atoms. The maximum absolute atomic E-state index is 2.41. The Balaban J connectivity index is 2.15. The van der Waals surface area contributed by atoms with E-state index in [9.17, 15) is 0 Å². The fraction of sp³-hybridized carbons (Fsp3) is 0.529. The van der Waals surface area contributed by atoms with E-state index in [0.29, 0.717) is 0 Å². The van der Waals surface area contributed by atoms with Gasteiger partial charge in [-0.2, -0.15) is 0 Å². The normalized spacial score (nSPS) is 20.5. The van der Waals surface area contributed by atoms with Crippen molar-refractivity contribution >= 4 is 0 Å². The van der Waals surface area contributed by atoms with Crippen molar-refractivity contribution in [2.45, 2.75) is 52.4 Å². The first-order valence-electron chi connectivity index (χ1n) is 6.89. The summed E-state index contributed by atoms with van der Waals surface area (Å²) in [6, 6.07) is 9.04. The van der Waals surface area contributed by atoms with E-state index < -0.39 is 0 Å². The lowest BCUT2D eigenvalue weighted by Gasteiger charge is -2.30. The zero-order valence-electron chi connectivity index (χ0n) is 11.4. The molecule has 0 heteroatoms. The molecule has 0 bridgehead atoms. The summed E-state index contributed by atoms with van der Waals surface area (Å²) in [5.41, 5.74) is 4.65. The van der Waals surface area contributed by atoms with Gasteiger partial charge in [-0.25, -0.2) is 0 Å². The second-order valence-electron chi connectivity index (χ2n) is 5.69. The van der Waals surface area contributed by atoms with Crippen LogP contribution >= 0.6 is 0 Å². The monoisotopic (exact) mass is 228 g/mol. The molecule has 2 rings (SSSR count). The zero-order valence-corrected chi connectivity index (χ0v) is 11.4. The Kier molecular flexibility index (Phi) is 4.04. The molecule has 0 amide bonds. The first kappa shape index (κ1) is 12.4. The highest BCUT2D eigenvalue weighted by atomic mass is 14.3. The van der Waals surface area contributed by atoms with Gasteiger partial charge < -0.3 is 0 Å². The SMILES string of the molecule is CC(C)=CCC(C)C1CCCc2ccccc21. The summed E-state index contributed by atoms with van der Waals surface area (Å²) in [6.45, 7) is 6.80. The van der Waals surface area contributed by atoms with E-state index in [1.807, 2.05) is 0 Å². The Bertz CT molecular complexity index is 396. The van der Waals surface area contributed by atoms with Crippen LogP contribution in [0.5, 0.6) is 0 Å². The van der Waals surface area contributed by atoms with Gasteiger partial charge in [0.15, 0.2) is 0 Å². The molecule has 92 valence electrons. The highest BCUT2D eigenvalue weighted by molar-refractivity contribution is 5.33. The van der Waals surface area contributed by atoms with Crippen LogP contribution in [0.3, 0.4) is 0 Å². The van der Waals surface area contributed by atoms with Gasteiger partial charge in [-0.05, 0) is 62.5 Å². The zero-order chi connectivity index (χ0) is 12.3. The molecule has 0 radical (unpaired) electrons. The van der Waals surface area contributed by atoms with Crippen molar-refractivity contribution in [2.75, 3.05) is 0 Å². The molecule has 0 aromatic heterocycles. The van der Waals surface area contributed by atoms with Crippen molar-refractivity contribution in [1.29, 1.82) is 0 Å². The quantitative estimate of drug-likeness (QED) is 0.631. The third-order valence-corrected chi connectivity index (χ3v) is 4.00. The topological polar surface area (TPSA) is 0 Å². The van der Waals surface area contributed by atoms with Crippen LogP contribution in [0.15, 0.2) is 35.9 Å². The van der Waals surface area contributed by atoms with Gasteiger partial charge in [-0.3, -0.25) is 0 Å².